The van der Waals surface area contributed by atoms with Crippen molar-refractivity contribution in [2.45, 2.75) is 13.3 Å². The van der Waals surface area contributed by atoms with Crippen LogP contribution in [0.4, 0.5) is 5.69 Å². The summed E-state index contributed by atoms with van der Waals surface area (Å²) in [6.07, 6.45) is 0.926. The van der Waals surface area contributed by atoms with Crippen LogP contribution in [0, 0.1) is 11.3 Å². The maximum absolute atomic E-state index is 12.2. The van der Waals surface area contributed by atoms with E-state index in [1.54, 1.807) is 48.5 Å². The van der Waals surface area contributed by atoms with Crippen LogP contribution in [0.5, 0.6) is 5.75 Å². The molecule has 2 aromatic carbocycles. The fourth-order valence-electron chi connectivity index (χ4n) is 1.93. The third-order valence-corrected chi connectivity index (χ3v) is 3.27. The average Bonchev–Trinajstić information content (AvgIpc) is 2.60. The first kappa shape index (κ1) is 17.4. The molecular weight excluding hydrogens is 322 g/mol. The van der Waals surface area contributed by atoms with Gasteiger partial charge in [-0.25, -0.2) is 0 Å². The Balaban J connectivity index is 1.93. The molecule has 0 unspecified atom stereocenters. The maximum Gasteiger partial charge on any atom is 0.257 e. The zero-order valence-electron chi connectivity index (χ0n) is 13.2. The van der Waals surface area contributed by atoms with Gasteiger partial charge >= 0.3 is 0 Å². The molecule has 5 nitrogen and oxygen atoms in total. The molecule has 0 radical (unpaired) electrons. The number of anilines is 1. The predicted octanol–water partition coefficient (Wildman–Crippen LogP) is 3.47. The Morgan fingerprint density at radius 3 is 2.67 bits per heavy atom. The summed E-state index contributed by atoms with van der Waals surface area (Å²) in [5.74, 6) is 0.411. The van der Waals surface area contributed by atoms with Gasteiger partial charge in [0.05, 0.1) is 18.2 Å². The minimum atomic E-state index is -0.314. The summed E-state index contributed by atoms with van der Waals surface area (Å²) in [6.45, 7) is 2.67. The standard InChI is InChI=1S/C18H17N3O2S/c1-2-10-23-16-8-6-14(7-9-16)17(22)21-18(24)20-15-5-3-4-13(11-15)12-19/h3-9,11H,2,10H2,1H3,(H2,20,21,22,24). The van der Waals surface area contributed by atoms with E-state index in [1.807, 2.05) is 13.0 Å². The van der Waals surface area contributed by atoms with Crippen LogP contribution in [0.25, 0.3) is 0 Å². The molecule has 0 bridgehead atoms. The number of carbonyl (C=O) groups excluding carboxylic acids is 1. The Kier molecular flexibility index (Phi) is 6.29. The monoisotopic (exact) mass is 339 g/mol. The summed E-state index contributed by atoms with van der Waals surface area (Å²) >= 11 is 5.12. The summed E-state index contributed by atoms with van der Waals surface area (Å²) in [7, 11) is 0. The molecule has 0 spiro atoms. The lowest BCUT2D eigenvalue weighted by molar-refractivity contribution is 0.0977. The first-order chi connectivity index (χ1) is 11.6. The molecule has 0 aliphatic rings. The molecule has 0 fully saturated rings. The molecule has 0 aromatic heterocycles. The number of hydrogen-bond acceptors (Lipinski definition) is 4. The minimum absolute atomic E-state index is 0.168. The minimum Gasteiger partial charge on any atom is -0.494 e. The lowest BCUT2D eigenvalue weighted by Crippen LogP contribution is -2.34. The van der Waals surface area contributed by atoms with Crippen LogP contribution in [-0.2, 0) is 0 Å². The zero-order chi connectivity index (χ0) is 17.4. The molecule has 0 saturated heterocycles. The highest BCUT2D eigenvalue weighted by atomic mass is 32.1. The van der Waals surface area contributed by atoms with Crippen LogP contribution in [0.2, 0.25) is 0 Å². The van der Waals surface area contributed by atoms with Crippen LogP contribution in [0.3, 0.4) is 0 Å². The van der Waals surface area contributed by atoms with E-state index < -0.39 is 0 Å². The van der Waals surface area contributed by atoms with Gasteiger partial charge in [-0.2, -0.15) is 5.26 Å². The van der Waals surface area contributed by atoms with Crippen LogP contribution >= 0.6 is 12.2 Å². The van der Waals surface area contributed by atoms with Gasteiger partial charge in [-0.1, -0.05) is 13.0 Å². The van der Waals surface area contributed by atoms with Gasteiger partial charge < -0.3 is 10.1 Å². The first-order valence-corrected chi connectivity index (χ1v) is 7.88. The highest BCUT2D eigenvalue weighted by molar-refractivity contribution is 7.80. The second kappa shape index (κ2) is 8.65. The number of benzene rings is 2. The van der Waals surface area contributed by atoms with Gasteiger partial charge in [-0.3, -0.25) is 10.1 Å². The number of nitrogens with zero attached hydrogens (tertiary/aromatic N) is 1. The Hall–Kier alpha value is -2.91. The lowest BCUT2D eigenvalue weighted by atomic mass is 10.2. The summed E-state index contributed by atoms with van der Waals surface area (Å²) in [5, 5.41) is 14.5. The van der Waals surface area contributed by atoms with E-state index in [2.05, 4.69) is 10.6 Å². The van der Waals surface area contributed by atoms with Crippen LogP contribution in [0.1, 0.15) is 29.3 Å². The fourth-order valence-corrected chi connectivity index (χ4v) is 2.14. The molecule has 0 atom stereocenters. The average molecular weight is 339 g/mol. The number of thiocarbonyl (C=S) groups is 1. The highest BCUT2D eigenvalue weighted by Crippen LogP contribution is 2.13. The molecule has 0 saturated carbocycles. The van der Waals surface area contributed by atoms with E-state index in [9.17, 15) is 4.79 Å². The van der Waals surface area contributed by atoms with Crippen molar-refractivity contribution >= 4 is 28.9 Å². The second-order valence-electron chi connectivity index (χ2n) is 4.97. The molecule has 2 aromatic rings. The summed E-state index contributed by atoms with van der Waals surface area (Å²) in [6, 6.07) is 15.7. The van der Waals surface area contributed by atoms with E-state index in [1.165, 1.54) is 0 Å². The van der Waals surface area contributed by atoms with Crippen molar-refractivity contribution in [2.24, 2.45) is 0 Å². The van der Waals surface area contributed by atoms with E-state index in [0.29, 0.717) is 23.4 Å². The van der Waals surface area contributed by atoms with Gasteiger partial charge in [0.2, 0.25) is 0 Å². The van der Waals surface area contributed by atoms with Crippen molar-refractivity contribution in [3.8, 4) is 11.8 Å². The van der Waals surface area contributed by atoms with Gasteiger partial charge in [-0.05, 0) is 61.1 Å². The number of hydrogen-bond donors (Lipinski definition) is 2. The molecule has 1 amide bonds. The number of amides is 1. The van der Waals surface area contributed by atoms with Crippen LogP contribution < -0.4 is 15.4 Å². The number of nitrogens with one attached hydrogen (secondary N) is 2. The van der Waals surface area contributed by atoms with Crippen molar-refractivity contribution in [1.29, 1.82) is 5.26 Å². The lowest BCUT2D eigenvalue weighted by Gasteiger charge is -2.10. The molecule has 6 heteroatoms. The van der Waals surface area contributed by atoms with Crippen molar-refractivity contribution in [3.05, 3.63) is 59.7 Å². The van der Waals surface area contributed by atoms with E-state index in [4.69, 9.17) is 22.2 Å². The van der Waals surface area contributed by atoms with Gasteiger partial charge in [0.15, 0.2) is 5.11 Å². The summed E-state index contributed by atoms with van der Waals surface area (Å²) < 4.78 is 5.48. The molecule has 2 N–H and O–H groups in total. The van der Waals surface area contributed by atoms with Crippen molar-refractivity contribution in [3.63, 3.8) is 0 Å². The molecular formula is C18H17N3O2S. The second-order valence-corrected chi connectivity index (χ2v) is 5.38. The van der Waals surface area contributed by atoms with Crippen LogP contribution in [0.15, 0.2) is 48.5 Å². The third-order valence-electron chi connectivity index (χ3n) is 3.07. The third kappa shape index (κ3) is 5.07. The van der Waals surface area contributed by atoms with E-state index in [-0.39, 0.29) is 11.0 Å². The van der Waals surface area contributed by atoms with Crippen molar-refractivity contribution in [2.75, 3.05) is 11.9 Å². The van der Waals surface area contributed by atoms with Gasteiger partial charge in [0.25, 0.3) is 5.91 Å². The molecule has 0 aliphatic carbocycles. The topological polar surface area (TPSA) is 74.2 Å². The van der Waals surface area contributed by atoms with Gasteiger partial charge in [-0.15, -0.1) is 0 Å². The Morgan fingerprint density at radius 1 is 1.25 bits per heavy atom. The summed E-state index contributed by atoms with van der Waals surface area (Å²) in [4.78, 5) is 12.2. The number of nitriles is 1. The SMILES string of the molecule is CCCOc1ccc(C(=O)NC(=S)Nc2cccc(C#N)c2)cc1. The molecule has 122 valence electrons. The molecule has 24 heavy (non-hydrogen) atoms. The zero-order valence-corrected chi connectivity index (χ0v) is 14.0. The van der Waals surface area contributed by atoms with Crippen molar-refractivity contribution < 1.29 is 9.53 Å². The van der Waals surface area contributed by atoms with Crippen LogP contribution in [-0.4, -0.2) is 17.6 Å². The predicted molar refractivity (Wildman–Crippen MR) is 97.1 cm³/mol. The maximum atomic E-state index is 12.2. The molecule has 0 heterocycles. The van der Waals surface area contributed by atoms with Gasteiger partial charge in [0.1, 0.15) is 5.75 Å². The fraction of sp³-hybridized carbons (Fsp3) is 0.167. The Morgan fingerprint density at radius 2 is 2.00 bits per heavy atom. The van der Waals surface area contributed by atoms with Crippen molar-refractivity contribution in [1.82, 2.24) is 5.32 Å². The number of ether oxygens (including phenoxy) is 1. The quantitative estimate of drug-likeness (QED) is 0.816. The van der Waals surface area contributed by atoms with E-state index in [0.717, 1.165) is 12.2 Å². The number of carbonyl (C=O) groups is 1. The summed E-state index contributed by atoms with van der Waals surface area (Å²) in [5.41, 5.74) is 1.63. The molecule has 0 aliphatic heterocycles. The van der Waals surface area contributed by atoms with Gasteiger partial charge in [0, 0.05) is 11.3 Å². The highest BCUT2D eigenvalue weighted by Gasteiger charge is 2.08. The largest absolute Gasteiger partial charge is 0.494 e. The molecule has 2 rings (SSSR count). The smallest absolute Gasteiger partial charge is 0.257 e. The Labute approximate surface area is 146 Å². The number of rotatable bonds is 5. The first-order valence-electron chi connectivity index (χ1n) is 7.47. The Bertz CT molecular complexity index is 767. The van der Waals surface area contributed by atoms with E-state index >= 15 is 0 Å². The normalized spacial score (nSPS) is 9.67.